The third kappa shape index (κ3) is 1.47. The van der Waals surface area contributed by atoms with Gasteiger partial charge >= 0.3 is 0 Å². The number of nitrogens with zero attached hydrogens (tertiary/aromatic N) is 2. The lowest BCUT2D eigenvalue weighted by Crippen LogP contribution is -2.07. The van der Waals surface area contributed by atoms with Crippen molar-refractivity contribution in [3.63, 3.8) is 0 Å². The minimum atomic E-state index is -0.0787. The van der Waals surface area contributed by atoms with Crippen molar-refractivity contribution in [3.05, 3.63) is 39.3 Å². The Morgan fingerprint density at radius 1 is 1.64 bits per heavy atom. The summed E-state index contributed by atoms with van der Waals surface area (Å²) in [4.78, 5) is 12.6. The van der Waals surface area contributed by atoms with Gasteiger partial charge < -0.3 is 0 Å². The zero-order valence-corrected chi connectivity index (χ0v) is 8.97. The lowest BCUT2D eigenvalue weighted by Gasteiger charge is -1.98. The lowest BCUT2D eigenvalue weighted by molar-refractivity contribution is 0.103. The van der Waals surface area contributed by atoms with Gasteiger partial charge in [-0.1, -0.05) is 17.7 Å². The van der Waals surface area contributed by atoms with Gasteiger partial charge in [0.05, 0.1) is 16.1 Å². The normalized spacial score (nSPS) is 10.4. The Balaban J connectivity index is 2.46. The van der Waals surface area contributed by atoms with E-state index in [4.69, 9.17) is 11.6 Å². The first-order valence-corrected chi connectivity index (χ1v) is 5.21. The molecule has 0 N–H and O–H groups in total. The minimum absolute atomic E-state index is 0.0787. The quantitative estimate of drug-likeness (QED) is 0.737. The molecule has 0 fully saturated rings. The molecule has 2 rings (SSSR count). The van der Waals surface area contributed by atoms with Crippen molar-refractivity contribution < 1.29 is 4.79 Å². The second-order valence-electron chi connectivity index (χ2n) is 2.77. The van der Waals surface area contributed by atoms with Crippen LogP contribution in [-0.4, -0.2) is 15.6 Å². The molecule has 72 valence electrons. The van der Waals surface area contributed by atoms with E-state index in [0.717, 1.165) is 0 Å². The topological polar surface area (TPSA) is 34.9 Å². The van der Waals surface area contributed by atoms with Gasteiger partial charge in [-0.2, -0.15) is 5.10 Å². The fourth-order valence-electron chi connectivity index (χ4n) is 1.19. The summed E-state index contributed by atoms with van der Waals surface area (Å²) >= 11 is 7.25. The van der Waals surface area contributed by atoms with Crippen LogP contribution in [-0.2, 0) is 7.05 Å². The van der Waals surface area contributed by atoms with E-state index < -0.39 is 0 Å². The number of carbonyl (C=O) groups excluding carboxylic acids is 1. The van der Waals surface area contributed by atoms with Crippen LogP contribution in [0.25, 0.3) is 0 Å². The maximum absolute atomic E-state index is 11.9. The van der Waals surface area contributed by atoms with E-state index in [1.165, 1.54) is 22.2 Å². The molecule has 0 aromatic carbocycles. The highest BCUT2D eigenvalue weighted by Gasteiger charge is 2.17. The van der Waals surface area contributed by atoms with Gasteiger partial charge in [-0.15, -0.1) is 11.3 Å². The summed E-state index contributed by atoms with van der Waals surface area (Å²) < 4.78 is 1.49. The Morgan fingerprint density at radius 2 is 2.43 bits per heavy atom. The van der Waals surface area contributed by atoms with Crippen molar-refractivity contribution >= 4 is 28.7 Å². The van der Waals surface area contributed by atoms with Crippen molar-refractivity contribution in [3.8, 4) is 0 Å². The maximum atomic E-state index is 11.9. The van der Waals surface area contributed by atoms with Gasteiger partial charge in [0.15, 0.2) is 0 Å². The molecule has 0 radical (unpaired) electrons. The Hall–Kier alpha value is -1.13. The molecule has 3 nitrogen and oxygen atoms in total. The molecule has 14 heavy (non-hydrogen) atoms. The number of ketones is 1. The molecular weight excluding hydrogens is 220 g/mol. The van der Waals surface area contributed by atoms with Crippen LogP contribution < -0.4 is 0 Å². The summed E-state index contributed by atoms with van der Waals surface area (Å²) in [7, 11) is 1.70. The molecule has 5 heteroatoms. The molecule has 0 aliphatic rings. The zero-order valence-electron chi connectivity index (χ0n) is 7.40. The first-order valence-electron chi connectivity index (χ1n) is 3.96. The molecule has 0 aliphatic heterocycles. The number of rotatable bonds is 2. The molecule has 0 spiro atoms. The number of thiophene rings is 1. The van der Waals surface area contributed by atoms with Crippen LogP contribution in [0.5, 0.6) is 0 Å². The third-order valence-electron chi connectivity index (χ3n) is 1.85. The highest BCUT2D eigenvalue weighted by atomic mass is 35.5. The molecule has 2 aromatic heterocycles. The Labute approximate surface area is 89.9 Å². The zero-order chi connectivity index (χ0) is 10.1. The van der Waals surface area contributed by atoms with E-state index in [1.807, 2.05) is 11.4 Å². The highest BCUT2D eigenvalue weighted by molar-refractivity contribution is 7.12. The molecule has 0 bridgehead atoms. The molecule has 2 heterocycles. The van der Waals surface area contributed by atoms with E-state index in [1.54, 1.807) is 13.1 Å². The summed E-state index contributed by atoms with van der Waals surface area (Å²) in [6.07, 6.45) is 1.47. The average molecular weight is 227 g/mol. The molecule has 0 saturated heterocycles. The second kappa shape index (κ2) is 3.55. The van der Waals surface area contributed by atoms with Crippen LogP contribution in [0.3, 0.4) is 0 Å². The summed E-state index contributed by atoms with van der Waals surface area (Å²) in [5, 5.41) is 6.17. The summed E-state index contributed by atoms with van der Waals surface area (Å²) in [5.41, 5.74) is 0.439. The number of aryl methyl sites for hydroxylation is 1. The first kappa shape index (κ1) is 9.43. The van der Waals surface area contributed by atoms with Gasteiger partial charge in [0.2, 0.25) is 5.78 Å². The number of hydrogen-bond acceptors (Lipinski definition) is 3. The Kier molecular flexibility index (Phi) is 2.39. The third-order valence-corrected chi connectivity index (χ3v) is 3.00. The molecule has 0 atom stereocenters. The van der Waals surface area contributed by atoms with Crippen molar-refractivity contribution in [2.75, 3.05) is 0 Å². The lowest BCUT2D eigenvalue weighted by atomic mass is 10.2. The number of halogens is 1. The number of carbonyl (C=O) groups is 1. The van der Waals surface area contributed by atoms with Crippen molar-refractivity contribution in [2.24, 2.45) is 7.05 Å². The fraction of sp³-hybridized carbons (Fsp3) is 0.111. The van der Waals surface area contributed by atoms with E-state index >= 15 is 0 Å². The van der Waals surface area contributed by atoms with Gasteiger partial charge in [-0.25, -0.2) is 0 Å². The van der Waals surface area contributed by atoms with Crippen LogP contribution in [0.4, 0.5) is 0 Å². The predicted molar refractivity (Wildman–Crippen MR) is 56.0 cm³/mol. The monoisotopic (exact) mass is 226 g/mol. The van der Waals surface area contributed by atoms with E-state index in [-0.39, 0.29) is 5.78 Å². The summed E-state index contributed by atoms with van der Waals surface area (Å²) in [6, 6.07) is 3.61. The summed E-state index contributed by atoms with van der Waals surface area (Å²) in [5.74, 6) is -0.0787. The van der Waals surface area contributed by atoms with Gasteiger partial charge in [-0.3, -0.25) is 9.48 Å². The molecule has 0 amide bonds. The minimum Gasteiger partial charge on any atom is -0.286 e. The van der Waals surface area contributed by atoms with Crippen LogP contribution in [0.15, 0.2) is 23.7 Å². The largest absolute Gasteiger partial charge is 0.286 e. The summed E-state index contributed by atoms with van der Waals surface area (Å²) in [6.45, 7) is 0. The molecule has 0 aliphatic carbocycles. The van der Waals surface area contributed by atoms with Crippen molar-refractivity contribution in [2.45, 2.75) is 0 Å². The fourth-order valence-corrected chi connectivity index (χ4v) is 2.11. The van der Waals surface area contributed by atoms with E-state index in [9.17, 15) is 4.79 Å². The Morgan fingerprint density at radius 3 is 2.93 bits per heavy atom. The van der Waals surface area contributed by atoms with E-state index in [2.05, 4.69) is 5.10 Å². The molecule has 0 unspecified atom stereocenters. The van der Waals surface area contributed by atoms with Gasteiger partial charge in [0, 0.05) is 7.05 Å². The first-order chi connectivity index (χ1) is 6.70. The van der Waals surface area contributed by atoms with Gasteiger partial charge in [-0.05, 0) is 11.4 Å². The Bertz CT molecular complexity index is 442. The van der Waals surface area contributed by atoms with Gasteiger partial charge in [0.25, 0.3) is 0 Å². The average Bonchev–Trinajstić information content (AvgIpc) is 2.75. The molecule has 0 saturated carbocycles. The number of hydrogen-bond donors (Lipinski definition) is 0. The van der Waals surface area contributed by atoms with Crippen LogP contribution in [0.1, 0.15) is 15.4 Å². The van der Waals surface area contributed by atoms with Crippen LogP contribution in [0.2, 0.25) is 5.02 Å². The van der Waals surface area contributed by atoms with Crippen LogP contribution in [0, 0.1) is 0 Å². The molecule has 2 aromatic rings. The van der Waals surface area contributed by atoms with E-state index in [0.29, 0.717) is 15.6 Å². The smallest absolute Gasteiger partial charge is 0.222 e. The van der Waals surface area contributed by atoms with Crippen molar-refractivity contribution in [1.82, 2.24) is 9.78 Å². The second-order valence-corrected chi connectivity index (χ2v) is 4.13. The SMILES string of the molecule is Cn1ncc(Cl)c1C(=O)c1cccs1. The van der Waals surface area contributed by atoms with Gasteiger partial charge in [0.1, 0.15) is 5.69 Å². The van der Waals surface area contributed by atoms with Crippen LogP contribution >= 0.6 is 22.9 Å². The molecular formula is C9H7ClN2OS. The number of aromatic nitrogens is 2. The van der Waals surface area contributed by atoms with Crippen molar-refractivity contribution in [1.29, 1.82) is 0 Å². The maximum Gasteiger partial charge on any atom is 0.222 e. The predicted octanol–water partition coefficient (Wildman–Crippen LogP) is 2.37. The highest BCUT2D eigenvalue weighted by Crippen LogP contribution is 2.20. The standard InChI is InChI=1S/C9H7ClN2OS/c1-12-8(6(10)5-11-12)9(13)7-3-2-4-14-7/h2-5H,1H3.